The second kappa shape index (κ2) is 5.33. The van der Waals surface area contributed by atoms with E-state index in [9.17, 15) is 4.79 Å². The molecule has 4 rings (SSSR count). The number of carbonyl (C=O) groups excluding carboxylic acids is 1. The van der Waals surface area contributed by atoms with E-state index in [0.717, 1.165) is 47.8 Å². The molecule has 1 fully saturated rings. The molecule has 0 radical (unpaired) electrons. The van der Waals surface area contributed by atoms with E-state index >= 15 is 0 Å². The summed E-state index contributed by atoms with van der Waals surface area (Å²) in [6.45, 7) is 2.21. The third-order valence-corrected chi connectivity index (χ3v) is 4.73. The van der Waals surface area contributed by atoms with Crippen molar-refractivity contribution < 1.29 is 14.3 Å². The van der Waals surface area contributed by atoms with Crippen molar-refractivity contribution in [3.63, 3.8) is 0 Å². The van der Waals surface area contributed by atoms with Gasteiger partial charge in [-0.25, -0.2) is 4.79 Å². The standard InChI is InChI=1S/C18H19N3O2/c1-2-23-17(22)18(11-3-4-12-18)21-19-14-9-5-7-13-8-6-10-15(20-21)16(13)14/h5-10H,2-4,11-12H2,1H3. The summed E-state index contributed by atoms with van der Waals surface area (Å²) in [7, 11) is 0. The highest BCUT2D eigenvalue weighted by molar-refractivity contribution is 6.03. The molecule has 2 aliphatic rings. The largest absolute Gasteiger partial charge is 0.461 e. The Bertz CT molecular complexity index is 802. The summed E-state index contributed by atoms with van der Waals surface area (Å²) in [6, 6.07) is 12.0. The van der Waals surface area contributed by atoms with E-state index in [4.69, 9.17) is 4.74 Å². The van der Waals surface area contributed by atoms with Gasteiger partial charge in [-0.05, 0) is 30.5 Å². The summed E-state index contributed by atoms with van der Waals surface area (Å²) in [4.78, 5) is 14.3. The van der Waals surface area contributed by atoms with Crippen molar-refractivity contribution in [3.8, 4) is 0 Å². The van der Waals surface area contributed by atoms with Gasteiger partial charge in [-0.1, -0.05) is 36.4 Å². The van der Waals surface area contributed by atoms with Gasteiger partial charge in [0, 0.05) is 24.2 Å². The molecular formula is C18H19N3O2. The van der Waals surface area contributed by atoms with Crippen molar-refractivity contribution in [2.45, 2.75) is 38.1 Å². The van der Waals surface area contributed by atoms with Gasteiger partial charge in [0.25, 0.3) is 5.54 Å². The SMILES string of the molecule is CCOC(=O)C1([N+]2=Nc3cccc4cccc(c34)[N-]2)CCCC1. The maximum atomic E-state index is 12.6. The fraction of sp³-hybridized carbons (Fsp3) is 0.389. The number of azo groups is 1. The first-order valence-electron chi connectivity index (χ1n) is 8.17. The van der Waals surface area contributed by atoms with Gasteiger partial charge in [-0.15, -0.1) is 4.81 Å². The van der Waals surface area contributed by atoms with E-state index in [0.29, 0.717) is 6.61 Å². The van der Waals surface area contributed by atoms with Crippen LogP contribution in [0.5, 0.6) is 0 Å². The summed E-state index contributed by atoms with van der Waals surface area (Å²) in [5, 5.41) is 6.85. The first kappa shape index (κ1) is 14.2. The van der Waals surface area contributed by atoms with Crippen LogP contribution in [-0.4, -0.2) is 22.9 Å². The minimum atomic E-state index is -0.758. The van der Waals surface area contributed by atoms with Gasteiger partial charge in [0.2, 0.25) is 0 Å². The van der Waals surface area contributed by atoms with E-state index in [2.05, 4.69) is 22.7 Å². The average molecular weight is 309 g/mol. The van der Waals surface area contributed by atoms with Crippen molar-refractivity contribution in [2.75, 3.05) is 6.61 Å². The number of hydrogen-bond acceptors (Lipinski definition) is 3. The normalized spacial score (nSPS) is 18.4. The predicted molar refractivity (Wildman–Crippen MR) is 87.1 cm³/mol. The zero-order valence-electron chi connectivity index (χ0n) is 13.2. The van der Waals surface area contributed by atoms with Crippen molar-refractivity contribution in [3.05, 3.63) is 41.8 Å². The zero-order valence-corrected chi connectivity index (χ0v) is 13.2. The molecule has 0 aromatic heterocycles. The Hall–Kier alpha value is -2.43. The fourth-order valence-electron chi connectivity index (χ4n) is 3.60. The number of esters is 1. The Balaban J connectivity index is 1.85. The van der Waals surface area contributed by atoms with Gasteiger partial charge in [0.1, 0.15) is 0 Å². The quantitative estimate of drug-likeness (QED) is 0.607. The maximum Gasteiger partial charge on any atom is 0.380 e. The molecule has 2 aromatic rings. The van der Waals surface area contributed by atoms with Crippen LogP contribution >= 0.6 is 0 Å². The van der Waals surface area contributed by atoms with Crippen LogP contribution in [0, 0.1) is 0 Å². The van der Waals surface area contributed by atoms with Crippen molar-refractivity contribution >= 4 is 28.1 Å². The monoisotopic (exact) mass is 309 g/mol. The molecule has 0 unspecified atom stereocenters. The lowest BCUT2D eigenvalue weighted by Crippen LogP contribution is -2.46. The Labute approximate surface area is 134 Å². The molecule has 1 aliphatic carbocycles. The van der Waals surface area contributed by atoms with Crippen LogP contribution in [0.1, 0.15) is 32.6 Å². The Morgan fingerprint density at radius 3 is 2.74 bits per heavy atom. The number of hydrogen-bond donors (Lipinski definition) is 0. The molecule has 5 heteroatoms. The Morgan fingerprint density at radius 1 is 1.26 bits per heavy atom. The molecule has 0 atom stereocenters. The van der Waals surface area contributed by atoms with Crippen molar-refractivity contribution in [1.82, 2.24) is 0 Å². The second-order valence-electron chi connectivity index (χ2n) is 6.10. The molecule has 118 valence electrons. The van der Waals surface area contributed by atoms with Crippen molar-refractivity contribution in [1.29, 1.82) is 0 Å². The van der Waals surface area contributed by atoms with E-state index < -0.39 is 5.54 Å². The lowest BCUT2D eigenvalue weighted by molar-refractivity contribution is -0.604. The number of ether oxygens (including phenoxy) is 1. The van der Waals surface area contributed by atoms with Gasteiger partial charge in [-0.2, -0.15) is 10.5 Å². The van der Waals surface area contributed by atoms with Crippen LogP contribution in [0.15, 0.2) is 41.5 Å². The fourth-order valence-corrected chi connectivity index (χ4v) is 3.60. The third kappa shape index (κ3) is 2.11. The number of nitrogens with zero attached hydrogens (tertiary/aromatic N) is 3. The van der Waals surface area contributed by atoms with Gasteiger partial charge >= 0.3 is 5.97 Å². The molecular weight excluding hydrogens is 290 g/mol. The summed E-state index contributed by atoms with van der Waals surface area (Å²) >= 11 is 0. The highest BCUT2D eigenvalue weighted by Gasteiger charge is 2.53. The molecule has 0 spiro atoms. The molecule has 0 bridgehead atoms. The van der Waals surface area contributed by atoms with Crippen LogP contribution in [0.4, 0.5) is 11.4 Å². The minimum Gasteiger partial charge on any atom is -0.461 e. The minimum absolute atomic E-state index is 0.212. The zero-order chi connectivity index (χ0) is 15.9. The molecule has 0 N–H and O–H groups in total. The molecule has 1 saturated carbocycles. The van der Waals surface area contributed by atoms with Crippen LogP contribution in [0.25, 0.3) is 16.2 Å². The highest BCUT2D eigenvalue weighted by atomic mass is 16.5. The van der Waals surface area contributed by atoms with E-state index in [1.54, 1.807) is 4.81 Å². The lowest BCUT2D eigenvalue weighted by Gasteiger charge is -2.30. The van der Waals surface area contributed by atoms with Gasteiger partial charge in [0.05, 0.1) is 6.61 Å². The summed E-state index contributed by atoms with van der Waals surface area (Å²) < 4.78 is 5.34. The van der Waals surface area contributed by atoms with Crippen LogP contribution in [0.3, 0.4) is 0 Å². The molecule has 0 amide bonds. The Kier molecular flexibility index (Phi) is 3.29. The number of rotatable bonds is 3. The summed E-state index contributed by atoms with van der Waals surface area (Å²) in [5.74, 6) is -0.212. The van der Waals surface area contributed by atoms with Crippen LogP contribution in [0.2, 0.25) is 0 Å². The first-order chi connectivity index (χ1) is 11.2. The predicted octanol–water partition coefficient (Wildman–Crippen LogP) is 4.75. The lowest BCUT2D eigenvalue weighted by atomic mass is 9.98. The second-order valence-corrected chi connectivity index (χ2v) is 6.10. The maximum absolute atomic E-state index is 12.6. The molecule has 2 aromatic carbocycles. The van der Waals surface area contributed by atoms with E-state index in [1.807, 2.05) is 31.2 Å². The highest BCUT2D eigenvalue weighted by Crippen LogP contribution is 2.46. The topological polar surface area (TPSA) is 55.8 Å². The van der Waals surface area contributed by atoms with Crippen LogP contribution < -0.4 is 0 Å². The smallest absolute Gasteiger partial charge is 0.380 e. The summed E-state index contributed by atoms with van der Waals surface area (Å²) in [5.41, 5.74) is 5.66. The molecule has 1 heterocycles. The van der Waals surface area contributed by atoms with E-state index in [-0.39, 0.29) is 5.97 Å². The van der Waals surface area contributed by atoms with Crippen molar-refractivity contribution in [2.24, 2.45) is 5.11 Å². The molecule has 1 aliphatic heterocycles. The van der Waals surface area contributed by atoms with Gasteiger partial charge < -0.3 is 4.74 Å². The molecule has 0 saturated heterocycles. The first-order valence-corrected chi connectivity index (χ1v) is 8.17. The third-order valence-electron chi connectivity index (χ3n) is 4.73. The van der Waals surface area contributed by atoms with E-state index in [1.165, 1.54) is 0 Å². The number of carbonyl (C=O) groups is 1. The van der Waals surface area contributed by atoms with Gasteiger partial charge in [-0.3, -0.25) is 0 Å². The van der Waals surface area contributed by atoms with Gasteiger partial charge in [0.15, 0.2) is 0 Å². The summed E-state index contributed by atoms with van der Waals surface area (Å²) in [6.07, 6.45) is 3.45. The average Bonchev–Trinajstić information content (AvgIpc) is 3.06. The molecule has 23 heavy (non-hydrogen) atoms. The number of benzene rings is 2. The van der Waals surface area contributed by atoms with Crippen LogP contribution in [-0.2, 0) is 9.53 Å². The molecule has 5 nitrogen and oxygen atoms in total. The Morgan fingerprint density at radius 2 is 2.00 bits per heavy atom.